The van der Waals surface area contributed by atoms with Gasteiger partial charge >= 0.3 is 223 Å². The Balaban J connectivity index is 4.39. The topological polar surface area (TPSA) is 52.6 Å². The number of esters is 1. The van der Waals surface area contributed by atoms with E-state index in [9.17, 15) is 9.59 Å². The summed E-state index contributed by atoms with van der Waals surface area (Å²) in [6.07, 6.45) is 28.1. The van der Waals surface area contributed by atoms with Crippen LogP contribution in [-0.4, -0.2) is 37.3 Å². The predicted octanol–water partition coefficient (Wildman–Crippen LogP) is 11.5. The van der Waals surface area contributed by atoms with Crippen LogP contribution in [0.15, 0.2) is 0 Å². The Kier molecular flexibility index (Phi) is 29.0. The van der Waals surface area contributed by atoms with Gasteiger partial charge in [0.05, 0.1) is 0 Å². The molecule has 39 heavy (non-hydrogen) atoms. The summed E-state index contributed by atoms with van der Waals surface area (Å²) in [5.41, 5.74) is 0. The van der Waals surface area contributed by atoms with E-state index in [1.54, 1.807) is 0 Å². The summed E-state index contributed by atoms with van der Waals surface area (Å²) in [5, 5.41) is 0. The fourth-order valence-corrected chi connectivity index (χ4v) is 17.1. The van der Waals surface area contributed by atoms with E-state index in [0.717, 1.165) is 64.7 Å². The Hall–Kier alpha value is -0.261. The van der Waals surface area contributed by atoms with Crippen LogP contribution in [0.2, 0.25) is 13.3 Å². The van der Waals surface area contributed by atoms with E-state index in [4.69, 9.17) is 7.81 Å². The van der Waals surface area contributed by atoms with Crippen LogP contribution in [0, 0.1) is 0 Å². The predicted molar refractivity (Wildman–Crippen MR) is 171 cm³/mol. The first-order chi connectivity index (χ1) is 19.0. The molecule has 0 aromatic rings. The van der Waals surface area contributed by atoms with E-state index in [-0.39, 0.29) is 11.9 Å². The van der Waals surface area contributed by atoms with Gasteiger partial charge in [0, 0.05) is 0 Å². The molecule has 232 valence electrons. The van der Waals surface area contributed by atoms with Gasteiger partial charge in [-0.2, -0.15) is 0 Å². The molecule has 0 fully saturated rings. The van der Waals surface area contributed by atoms with Gasteiger partial charge in [0.15, 0.2) is 0 Å². The Morgan fingerprint density at radius 3 is 1.21 bits per heavy atom. The summed E-state index contributed by atoms with van der Waals surface area (Å²) >= 11 is -3.16. The molecule has 0 unspecified atom stereocenters. The average molecular weight is 660 g/mol. The van der Waals surface area contributed by atoms with Crippen LogP contribution in [0.4, 0.5) is 0 Å². The van der Waals surface area contributed by atoms with Gasteiger partial charge in [-0.05, 0) is 0 Å². The van der Waals surface area contributed by atoms with Gasteiger partial charge < -0.3 is 0 Å². The SMILES string of the molecule is CCCCCCCCCCCC(=O)OC[CH2][Sn]([CH2]CCC)([CH2]CCC)[O]C(=O)CCCCCCCCCCC. The van der Waals surface area contributed by atoms with Gasteiger partial charge in [-0.15, -0.1) is 0 Å². The van der Waals surface area contributed by atoms with Crippen molar-refractivity contribution in [3.05, 3.63) is 0 Å². The van der Waals surface area contributed by atoms with Crippen molar-refractivity contribution in [2.24, 2.45) is 0 Å². The Bertz CT molecular complexity index is 543. The van der Waals surface area contributed by atoms with Gasteiger partial charge in [0.2, 0.25) is 0 Å². The van der Waals surface area contributed by atoms with Gasteiger partial charge in [-0.25, -0.2) is 0 Å². The number of carbonyl (C=O) groups excluding carboxylic acids is 2. The summed E-state index contributed by atoms with van der Waals surface area (Å²) in [7, 11) is 0. The number of unbranched alkanes of at least 4 members (excludes halogenated alkanes) is 18. The second-order valence-electron chi connectivity index (χ2n) is 12.0. The van der Waals surface area contributed by atoms with E-state index in [2.05, 4.69) is 27.7 Å². The number of hydrogen-bond acceptors (Lipinski definition) is 4. The normalized spacial score (nSPS) is 11.6. The van der Waals surface area contributed by atoms with Crippen molar-refractivity contribution in [2.75, 3.05) is 6.61 Å². The second kappa shape index (κ2) is 29.2. The molecule has 0 radical (unpaired) electrons. The Morgan fingerprint density at radius 2 is 0.795 bits per heavy atom. The van der Waals surface area contributed by atoms with Crippen molar-refractivity contribution in [3.8, 4) is 0 Å². The molecule has 0 spiro atoms. The summed E-state index contributed by atoms with van der Waals surface area (Å²) in [6, 6.07) is 0. The third kappa shape index (κ3) is 25.2. The second-order valence-corrected chi connectivity index (χ2v) is 23.6. The quantitative estimate of drug-likeness (QED) is 0.0437. The first kappa shape index (κ1) is 38.7. The van der Waals surface area contributed by atoms with Crippen molar-refractivity contribution in [3.63, 3.8) is 0 Å². The third-order valence-corrected chi connectivity index (χ3v) is 20.4. The molecule has 0 aromatic carbocycles. The third-order valence-electron chi connectivity index (χ3n) is 8.09. The molecule has 0 bridgehead atoms. The number of ether oxygens (including phenoxy) is 1. The van der Waals surface area contributed by atoms with Gasteiger partial charge in [-0.3, -0.25) is 0 Å². The van der Waals surface area contributed by atoms with Gasteiger partial charge in [0.25, 0.3) is 0 Å². The molecule has 0 saturated heterocycles. The fourth-order valence-electron chi connectivity index (χ4n) is 5.40. The molecule has 0 heterocycles. The van der Waals surface area contributed by atoms with Crippen LogP contribution in [0.25, 0.3) is 0 Å². The fraction of sp³-hybridized carbons (Fsp3) is 0.941. The molecule has 5 heteroatoms. The average Bonchev–Trinajstić information content (AvgIpc) is 2.93. The van der Waals surface area contributed by atoms with E-state index < -0.39 is 18.8 Å². The molecule has 0 aromatic heterocycles. The molecular formula is C34H68O4Sn. The molecule has 0 N–H and O–H groups in total. The standard InChI is InChI=1S/C14H27O2.C12H24O2.2C4H9.Sn/c1-3-5-6-7-8-9-10-11-12-13-14(15)16-4-2;1-2-3-4-5-6-7-8-9-10-11-12(13)14;2*1-3-4-2;/h2-13H2,1H3;2-11H2,1H3,(H,13,14);2*1,3-4H2,2H3;/q;;;;+1/p-1. The van der Waals surface area contributed by atoms with Crippen molar-refractivity contribution in [2.45, 2.75) is 195 Å². The zero-order chi connectivity index (χ0) is 28.9. The molecule has 0 aliphatic heterocycles. The van der Waals surface area contributed by atoms with Gasteiger partial charge in [-0.1, -0.05) is 26.7 Å². The van der Waals surface area contributed by atoms with Crippen LogP contribution in [0.1, 0.15) is 182 Å². The van der Waals surface area contributed by atoms with Crippen molar-refractivity contribution in [1.29, 1.82) is 0 Å². The molecule has 0 amide bonds. The smallest absolute Gasteiger partial charge is 0.0654 e. The zero-order valence-corrected chi connectivity index (χ0v) is 29.8. The summed E-state index contributed by atoms with van der Waals surface area (Å²) < 4.78 is 15.1. The van der Waals surface area contributed by atoms with Crippen molar-refractivity contribution in [1.82, 2.24) is 0 Å². The molecule has 0 rings (SSSR count). The van der Waals surface area contributed by atoms with Crippen LogP contribution in [0.3, 0.4) is 0 Å². The number of rotatable bonds is 30. The van der Waals surface area contributed by atoms with E-state index >= 15 is 0 Å². The van der Waals surface area contributed by atoms with E-state index in [1.165, 1.54) is 89.9 Å². The van der Waals surface area contributed by atoms with Crippen molar-refractivity contribution >= 4 is 30.7 Å². The minimum atomic E-state index is -3.16. The minimum absolute atomic E-state index is 0.0296. The Labute approximate surface area is 248 Å². The van der Waals surface area contributed by atoms with E-state index in [1.807, 2.05) is 0 Å². The maximum atomic E-state index is 12.9. The van der Waals surface area contributed by atoms with Crippen LogP contribution < -0.4 is 0 Å². The first-order valence-corrected chi connectivity index (χ1v) is 24.6. The summed E-state index contributed by atoms with van der Waals surface area (Å²) in [4.78, 5) is 25.3. The molecule has 0 atom stereocenters. The first-order valence-electron chi connectivity index (χ1n) is 17.4. The summed E-state index contributed by atoms with van der Waals surface area (Å²) in [5.74, 6) is -0.0351. The monoisotopic (exact) mass is 660 g/mol. The zero-order valence-electron chi connectivity index (χ0n) is 26.9. The van der Waals surface area contributed by atoms with Crippen LogP contribution >= 0.6 is 0 Å². The number of carbonyl (C=O) groups is 2. The molecule has 0 saturated carbocycles. The minimum Gasteiger partial charge on any atom is -0.0654 e. The van der Waals surface area contributed by atoms with Gasteiger partial charge in [0.1, 0.15) is 0 Å². The molecule has 4 nitrogen and oxygen atoms in total. The molecule has 0 aliphatic rings. The molecule has 0 aliphatic carbocycles. The molecular weight excluding hydrogens is 591 g/mol. The Morgan fingerprint density at radius 1 is 0.436 bits per heavy atom. The van der Waals surface area contributed by atoms with Crippen molar-refractivity contribution < 1.29 is 17.4 Å². The summed E-state index contributed by atoms with van der Waals surface area (Å²) in [6.45, 7) is 9.39. The van der Waals surface area contributed by atoms with E-state index in [0.29, 0.717) is 19.4 Å². The number of hydrogen-bond donors (Lipinski definition) is 0. The maximum absolute atomic E-state index is 12.9. The van der Waals surface area contributed by atoms with Crippen LogP contribution in [-0.2, 0) is 17.4 Å². The van der Waals surface area contributed by atoms with Crippen LogP contribution in [0.5, 0.6) is 0 Å².